The summed E-state index contributed by atoms with van der Waals surface area (Å²) in [6.07, 6.45) is 30.2. The second-order valence-electron chi connectivity index (χ2n) is 10.8. The van der Waals surface area contributed by atoms with Gasteiger partial charge in [-0.3, -0.25) is 4.79 Å². The lowest BCUT2D eigenvalue weighted by molar-refractivity contribution is -0.149. The summed E-state index contributed by atoms with van der Waals surface area (Å²) in [7, 11) is 0. The summed E-state index contributed by atoms with van der Waals surface area (Å²) in [5.74, 6) is 0.684. The van der Waals surface area contributed by atoms with Crippen LogP contribution in [0.1, 0.15) is 175 Å². The molecular weight excluding hydrogens is 404 g/mol. The molecule has 0 saturated heterocycles. The van der Waals surface area contributed by atoms with Gasteiger partial charge in [0.15, 0.2) is 0 Å². The minimum atomic E-state index is 0.0495. The third kappa shape index (κ3) is 23.0. The quantitative estimate of drug-likeness (QED) is 0.0935. The lowest BCUT2D eigenvalue weighted by Gasteiger charge is -2.19. The predicted molar refractivity (Wildman–Crippen MR) is 147 cm³/mol. The second kappa shape index (κ2) is 26.1. The second-order valence-corrected chi connectivity index (χ2v) is 10.8. The molecule has 2 heteroatoms. The molecule has 198 valence electrons. The van der Waals surface area contributed by atoms with Gasteiger partial charge in [0, 0.05) is 0 Å². The summed E-state index contributed by atoms with van der Waals surface area (Å²) in [4.78, 5) is 12.6. The number of unbranched alkanes of at least 4 members (excludes halogenated alkanes) is 17. The van der Waals surface area contributed by atoms with Crippen molar-refractivity contribution < 1.29 is 9.53 Å². The fraction of sp³-hybridized carbons (Fsp3) is 0.968. The monoisotopic (exact) mass is 466 g/mol. The Balaban J connectivity index is 4.06. The van der Waals surface area contributed by atoms with Gasteiger partial charge in [0.2, 0.25) is 0 Å². The largest absolute Gasteiger partial charge is 0.465 e. The molecule has 0 aromatic heterocycles. The van der Waals surface area contributed by atoms with Crippen LogP contribution in [0.25, 0.3) is 0 Å². The average molecular weight is 467 g/mol. The van der Waals surface area contributed by atoms with Crippen LogP contribution in [0.15, 0.2) is 0 Å². The average Bonchev–Trinajstić information content (AvgIpc) is 2.82. The Bertz CT molecular complexity index is 392. The minimum Gasteiger partial charge on any atom is -0.465 e. The van der Waals surface area contributed by atoms with Gasteiger partial charge in [-0.2, -0.15) is 0 Å². The van der Waals surface area contributed by atoms with Crippen molar-refractivity contribution >= 4 is 5.97 Å². The zero-order valence-corrected chi connectivity index (χ0v) is 23.4. The number of esters is 1. The van der Waals surface area contributed by atoms with Crippen molar-refractivity contribution in [3.63, 3.8) is 0 Å². The Morgan fingerprint density at radius 3 is 1.24 bits per heavy atom. The predicted octanol–water partition coefficient (Wildman–Crippen LogP) is 10.8. The van der Waals surface area contributed by atoms with E-state index >= 15 is 0 Å². The van der Waals surface area contributed by atoms with E-state index < -0.39 is 0 Å². The molecule has 0 heterocycles. The van der Waals surface area contributed by atoms with Crippen molar-refractivity contribution in [2.24, 2.45) is 11.8 Å². The summed E-state index contributed by atoms with van der Waals surface area (Å²) in [6, 6.07) is 0. The summed E-state index contributed by atoms with van der Waals surface area (Å²) in [5, 5.41) is 0. The Hall–Kier alpha value is -0.530. The first-order chi connectivity index (χ1) is 16.2. The zero-order chi connectivity index (χ0) is 24.4. The molecule has 0 fully saturated rings. The molecule has 0 saturated carbocycles. The van der Waals surface area contributed by atoms with E-state index in [0.717, 1.165) is 6.42 Å². The smallest absolute Gasteiger partial charge is 0.308 e. The van der Waals surface area contributed by atoms with Gasteiger partial charge < -0.3 is 4.74 Å². The van der Waals surface area contributed by atoms with Gasteiger partial charge in [-0.05, 0) is 25.2 Å². The van der Waals surface area contributed by atoms with Crippen LogP contribution in [0, 0.1) is 11.8 Å². The Morgan fingerprint density at radius 1 is 0.515 bits per heavy atom. The third-order valence-corrected chi connectivity index (χ3v) is 7.29. The number of carbonyl (C=O) groups excluding carboxylic acids is 1. The van der Waals surface area contributed by atoms with E-state index in [1.165, 1.54) is 141 Å². The van der Waals surface area contributed by atoms with Crippen molar-refractivity contribution in [1.82, 2.24) is 0 Å². The molecule has 0 N–H and O–H groups in total. The molecule has 0 bridgehead atoms. The van der Waals surface area contributed by atoms with Crippen LogP contribution in [0.3, 0.4) is 0 Å². The van der Waals surface area contributed by atoms with Crippen LogP contribution in [0.5, 0.6) is 0 Å². The molecule has 2 nitrogen and oxygen atoms in total. The van der Waals surface area contributed by atoms with Crippen LogP contribution < -0.4 is 0 Å². The molecule has 0 aliphatic heterocycles. The van der Waals surface area contributed by atoms with E-state index in [9.17, 15) is 4.79 Å². The van der Waals surface area contributed by atoms with Gasteiger partial charge in [-0.25, -0.2) is 0 Å². The zero-order valence-electron chi connectivity index (χ0n) is 23.4. The van der Waals surface area contributed by atoms with Gasteiger partial charge in [0.1, 0.15) is 0 Å². The molecule has 0 aromatic rings. The molecule has 2 unspecified atom stereocenters. The molecule has 2 atom stereocenters. The number of hydrogen-bond donors (Lipinski definition) is 0. The fourth-order valence-corrected chi connectivity index (χ4v) is 4.78. The minimum absolute atomic E-state index is 0.0495. The maximum absolute atomic E-state index is 12.6. The van der Waals surface area contributed by atoms with E-state index in [1.807, 2.05) is 0 Å². The first kappa shape index (κ1) is 32.5. The molecule has 0 aliphatic rings. The summed E-state index contributed by atoms with van der Waals surface area (Å²) < 4.78 is 5.84. The van der Waals surface area contributed by atoms with E-state index in [1.54, 1.807) is 0 Å². The highest BCUT2D eigenvalue weighted by Crippen LogP contribution is 2.21. The molecule has 33 heavy (non-hydrogen) atoms. The molecule has 0 rings (SSSR count). The maximum atomic E-state index is 12.6. The Labute approximate surface area is 209 Å². The lowest BCUT2D eigenvalue weighted by Crippen LogP contribution is -2.20. The molecule has 0 aromatic carbocycles. The van der Waals surface area contributed by atoms with Gasteiger partial charge >= 0.3 is 5.97 Å². The van der Waals surface area contributed by atoms with E-state index in [0.29, 0.717) is 12.5 Å². The SMILES string of the molecule is CCCCCCCCCCC(C)C(=O)OCC(CCCCCCC)CCCCCCCCC. The molecule has 0 spiro atoms. The Morgan fingerprint density at radius 2 is 0.848 bits per heavy atom. The fourth-order valence-electron chi connectivity index (χ4n) is 4.78. The van der Waals surface area contributed by atoms with Crippen LogP contribution >= 0.6 is 0 Å². The van der Waals surface area contributed by atoms with Gasteiger partial charge in [-0.15, -0.1) is 0 Å². The van der Waals surface area contributed by atoms with Crippen LogP contribution in [-0.4, -0.2) is 12.6 Å². The lowest BCUT2D eigenvalue weighted by atomic mass is 9.94. The number of rotatable bonds is 26. The first-order valence-corrected chi connectivity index (χ1v) is 15.3. The van der Waals surface area contributed by atoms with Crippen LogP contribution in [-0.2, 0) is 9.53 Å². The van der Waals surface area contributed by atoms with Gasteiger partial charge in [0.05, 0.1) is 12.5 Å². The van der Waals surface area contributed by atoms with Crippen LogP contribution in [0.2, 0.25) is 0 Å². The number of ether oxygens (including phenoxy) is 1. The van der Waals surface area contributed by atoms with E-state index in [4.69, 9.17) is 4.74 Å². The molecular formula is C31H62O2. The van der Waals surface area contributed by atoms with Crippen molar-refractivity contribution in [1.29, 1.82) is 0 Å². The topological polar surface area (TPSA) is 26.3 Å². The van der Waals surface area contributed by atoms with Crippen LogP contribution in [0.4, 0.5) is 0 Å². The highest BCUT2D eigenvalue weighted by atomic mass is 16.5. The van der Waals surface area contributed by atoms with Crippen molar-refractivity contribution in [3.05, 3.63) is 0 Å². The number of carbonyl (C=O) groups is 1. The normalized spacial score (nSPS) is 13.2. The van der Waals surface area contributed by atoms with Crippen molar-refractivity contribution in [2.45, 2.75) is 175 Å². The van der Waals surface area contributed by atoms with Crippen molar-refractivity contribution in [3.8, 4) is 0 Å². The molecule has 0 radical (unpaired) electrons. The van der Waals surface area contributed by atoms with E-state index in [2.05, 4.69) is 27.7 Å². The van der Waals surface area contributed by atoms with E-state index in [-0.39, 0.29) is 11.9 Å². The Kier molecular flexibility index (Phi) is 25.7. The highest BCUT2D eigenvalue weighted by molar-refractivity contribution is 5.71. The summed E-state index contributed by atoms with van der Waals surface area (Å²) in [5.41, 5.74) is 0. The highest BCUT2D eigenvalue weighted by Gasteiger charge is 2.17. The van der Waals surface area contributed by atoms with Gasteiger partial charge in [0.25, 0.3) is 0 Å². The maximum Gasteiger partial charge on any atom is 0.308 e. The third-order valence-electron chi connectivity index (χ3n) is 7.29. The van der Waals surface area contributed by atoms with Gasteiger partial charge in [-0.1, -0.05) is 156 Å². The molecule has 0 amide bonds. The number of hydrogen-bond acceptors (Lipinski definition) is 2. The first-order valence-electron chi connectivity index (χ1n) is 15.3. The van der Waals surface area contributed by atoms with Crippen molar-refractivity contribution in [2.75, 3.05) is 6.61 Å². The summed E-state index contributed by atoms with van der Waals surface area (Å²) >= 11 is 0. The molecule has 0 aliphatic carbocycles. The standard InChI is InChI=1S/C31H62O2/c1-5-8-11-14-16-18-20-22-25-29(4)31(32)33-28-30(26-23-19-13-10-7-3)27-24-21-17-15-12-9-6-2/h29-30H,5-28H2,1-4H3. The summed E-state index contributed by atoms with van der Waals surface area (Å²) in [6.45, 7) is 9.55.